The molecule has 0 saturated carbocycles. The first-order valence-electron chi connectivity index (χ1n) is 17.8. The van der Waals surface area contributed by atoms with Crippen molar-refractivity contribution in [2.75, 3.05) is 27.3 Å². The van der Waals surface area contributed by atoms with Gasteiger partial charge in [-0.15, -0.1) is 0 Å². The van der Waals surface area contributed by atoms with Crippen molar-refractivity contribution in [2.45, 2.75) is 148 Å². The summed E-state index contributed by atoms with van der Waals surface area (Å²) < 4.78 is 54.0. The van der Waals surface area contributed by atoms with Crippen molar-refractivity contribution in [3.8, 4) is 0 Å². The number of amides is 1. The van der Waals surface area contributed by atoms with Crippen molar-refractivity contribution in [3.05, 3.63) is 12.2 Å². The van der Waals surface area contributed by atoms with Crippen molar-refractivity contribution in [2.24, 2.45) is 22.7 Å². The maximum Gasteiger partial charge on any atom is 0.351 e. The Labute approximate surface area is 301 Å². The zero-order valence-corrected chi connectivity index (χ0v) is 32.3. The summed E-state index contributed by atoms with van der Waals surface area (Å²) in [5.74, 6) is -6.41. The molecule has 13 nitrogen and oxygen atoms in total. The lowest BCUT2D eigenvalue weighted by Crippen LogP contribution is -2.62. The molecular formula is C37H59FN2O11. The molecule has 0 aromatic heterocycles. The number of alkyl halides is 1. The molecule has 14 heteroatoms. The van der Waals surface area contributed by atoms with Gasteiger partial charge in [-0.25, -0.2) is 14.2 Å². The molecule has 3 aliphatic rings. The molecule has 3 aliphatic heterocycles. The first-order chi connectivity index (χ1) is 23.5. The van der Waals surface area contributed by atoms with Crippen LogP contribution < -0.4 is 0 Å². The summed E-state index contributed by atoms with van der Waals surface area (Å²) in [6.45, 7) is 18.9. The third-order valence-corrected chi connectivity index (χ3v) is 10.5. The number of fused-ring (bicyclic) bond motifs is 5. The molecule has 3 fully saturated rings. The molecule has 290 valence electrons. The van der Waals surface area contributed by atoms with E-state index >= 15 is 4.39 Å². The molecular weight excluding hydrogens is 667 g/mol. The van der Waals surface area contributed by atoms with E-state index < -0.39 is 89.0 Å². The van der Waals surface area contributed by atoms with Crippen LogP contribution in [0.25, 0.3) is 0 Å². The fourth-order valence-corrected chi connectivity index (χ4v) is 7.90. The van der Waals surface area contributed by atoms with Crippen molar-refractivity contribution in [1.82, 2.24) is 4.90 Å². The van der Waals surface area contributed by atoms with Crippen LogP contribution in [0, 0.1) is 17.8 Å². The third-order valence-electron chi connectivity index (χ3n) is 10.5. The van der Waals surface area contributed by atoms with Gasteiger partial charge in [0.1, 0.15) is 11.7 Å². The summed E-state index contributed by atoms with van der Waals surface area (Å²) >= 11 is 0. The van der Waals surface area contributed by atoms with Gasteiger partial charge in [-0.1, -0.05) is 34.3 Å². The normalized spacial score (nSPS) is 42.8. The molecule has 1 unspecified atom stereocenters. The van der Waals surface area contributed by atoms with Gasteiger partial charge >= 0.3 is 11.9 Å². The highest BCUT2D eigenvalue weighted by atomic mass is 19.1. The molecule has 51 heavy (non-hydrogen) atoms. The van der Waals surface area contributed by atoms with Crippen LogP contribution in [0.2, 0.25) is 0 Å². The highest BCUT2D eigenvalue weighted by molar-refractivity contribution is 6.08. The second kappa shape index (κ2) is 16.6. The first-order valence-corrected chi connectivity index (χ1v) is 17.8. The number of carbonyl (C=O) groups is 4. The first kappa shape index (κ1) is 42.8. The Morgan fingerprint density at radius 1 is 1.08 bits per heavy atom. The summed E-state index contributed by atoms with van der Waals surface area (Å²) in [6, 6.07) is -0.350. The van der Waals surface area contributed by atoms with Gasteiger partial charge in [0.25, 0.3) is 5.67 Å². The molecule has 1 N–H and O–H groups in total. The van der Waals surface area contributed by atoms with Gasteiger partial charge in [0.05, 0.1) is 43.2 Å². The predicted octanol–water partition coefficient (Wildman–Crippen LogP) is 3.77. The van der Waals surface area contributed by atoms with Gasteiger partial charge in [-0.2, -0.15) is 0 Å². The molecule has 0 aromatic carbocycles. The van der Waals surface area contributed by atoms with Crippen molar-refractivity contribution in [1.29, 1.82) is 0 Å². The number of esters is 2. The smallest absolute Gasteiger partial charge is 0.351 e. The quantitative estimate of drug-likeness (QED) is 0.249. The van der Waals surface area contributed by atoms with Gasteiger partial charge in [0, 0.05) is 31.4 Å². The van der Waals surface area contributed by atoms with Gasteiger partial charge < -0.3 is 38.4 Å². The Morgan fingerprint density at radius 2 is 1.71 bits per heavy atom. The number of ketones is 1. The highest BCUT2D eigenvalue weighted by Gasteiger charge is 2.57. The third kappa shape index (κ3) is 9.49. The summed E-state index contributed by atoms with van der Waals surface area (Å²) in [6.07, 6.45) is -5.76. The number of hydrogen-bond donors (Lipinski definition) is 1. The Hall–Kier alpha value is -2.62. The predicted molar refractivity (Wildman–Crippen MR) is 186 cm³/mol. The van der Waals surface area contributed by atoms with Crippen LogP contribution in [0.3, 0.4) is 0 Å². The number of carbonyl (C=O) groups excluding carboxylic acids is 4. The van der Waals surface area contributed by atoms with E-state index in [0.717, 1.165) is 6.92 Å². The number of hydrogen-bond acceptors (Lipinski definition) is 12. The summed E-state index contributed by atoms with van der Waals surface area (Å²) in [5, 5.41) is 12.1. The van der Waals surface area contributed by atoms with Gasteiger partial charge in [-0.3, -0.25) is 14.4 Å². The maximum atomic E-state index is 16.7. The second-order valence-electron chi connectivity index (χ2n) is 15.4. The van der Waals surface area contributed by atoms with Crippen molar-refractivity contribution < 1.29 is 57.1 Å². The second-order valence-corrected chi connectivity index (χ2v) is 15.4. The van der Waals surface area contributed by atoms with Crippen LogP contribution in [0.4, 0.5) is 4.39 Å². The lowest BCUT2D eigenvalue weighted by molar-refractivity contribution is -0.299. The Kier molecular flexibility index (Phi) is 13.9. The number of ether oxygens (including phenoxy) is 6. The zero-order chi connectivity index (χ0) is 38.8. The number of nitrogens with zero attached hydrogens (tertiary/aromatic N) is 2. The van der Waals surface area contributed by atoms with Crippen molar-refractivity contribution >= 4 is 29.3 Å². The number of aliphatic imine (C=N–C) groups is 1. The van der Waals surface area contributed by atoms with Crippen LogP contribution >= 0.6 is 0 Å². The van der Waals surface area contributed by atoms with Crippen LogP contribution in [0.1, 0.15) is 88.5 Å². The van der Waals surface area contributed by atoms with E-state index in [1.807, 2.05) is 32.8 Å². The van der Waals surface area contributed by atoms with E-state index in [0.29, 0.717) is 17.7 Å². The van der Waals surface area contributed by atoms with E-state index in [4.69, 9.17) is 28.4 Å². The number of rotatable bonds is 5. The van der Waals surface area contributed by atoms with Crippen LogP contribution in [-0.2, 0) is 47.6 Å². The fraction of sp³-hybridized carbons (Fsp3) is 0.811. The summed E-state index contributed by atoms with van der Waals surface area (Å²) in [5.41, 5.74) is -5.77. The van der Waals surface area contributed by atoms with Gasteiger partial charge in [0.2, 0.25) is 5.91 Å². The molecule has 0 aliphatic carbocycles. The average Bonchev–Trinajstić information content (AvgIpc) is 3.03. The molecule has 2 bridgehead atoms. The molecule has 1 amide bonds. The summed E-state index contributed by atoms with van der Waals surface area (Å²) in [4.78, 5) is 59.2. The van der Waals surface area contributed by atoms with Crippen LogP contribution in [0.5, 0.6) is 0 Å². The molecule has 3 rings (SSSR count). The molecule has 3 saturated heterocycles. The molecule has 0 radical (unpaired) electrons. The SMILES string of the molecule is C=C1CO[C@@H]2[C@@H](C)/C(=N/C(C)=O)[C@H](C)C[C@@](C)(OC1)[C@H](O[C@@H]1O[C@H](C)C[C@H](N(C)C)C1OC(C)=O)[C@@H](C)C(=O)[C@](C)(F)C(=O)O[C@H](CC)[C@@]2(C)O. The van der Waals surface area contributed by atoms with Gasteiger partial charge in [-0.05, 0) is 72.5 Å². The van der Waals surface area contributed by atoms with Gasteiger partial charge in [0.15, 0.2) is 18.2 Å². The van der Waals surface area contributed by atoms with E-state index in [-0.39, 0.29) is 38.2 Å². The van der Waals surface area contributed by atoms with E-state index in [2.05, 4.69) is 11.6 Å². The van der Waals surface area contributed by atoms with Crippen LogP contribution in [-0.4, -0.2) is 126 Å². The average molecular weight is 727 g/mol. The lowest BCUT2D eigenvalue weighted by Gasteiger charge is -2.48. The van der Waals surface area contributed by atoms with Crippen molar-refractivity contribution in [3.63, 3.8) is 0 Å². The Morgan fingerprint density at radius 3 is 2.25 bits per heavy atom. The number of cyclic esters (lactones) is 1. The topological polar surface area (TPSA) is 159 Å². The molecule has 13 atom stereocenters. The number of halogens is 1. The summed E-state index contributed by atoms with van der Waals surface area (Å²) in [7, 11) is 3.67. The lowest BCUT2D eigenvalue weighted by atomic mass is 9.73. The standard InChI is InChI=1S/C37H59FN2O11/c1-14-27-37(11,45)32-22(5)28(39-24(7)41)20(3)16-35(9,47-18-19(2)17-46-32)31(23(6)30(43)36(10,38)34(44)50-27)51-33-29(49-25(8)42)26(40(12)13)15-21(4)48-33/h20-23,26-27,29,31-33,45H,2,14-18H2,1,3-13H3/b39-28+/t20-,21-,22+,23+,26+,27-,29?,31-,32-,33+,35-,36+,37-/m1/s1. The minimum Gasteiger partial charge on any atom is -0.457 e. The number of likely N-dealkylation sites (N-methyl/N-ethyl adjacent to an activating group) is 1. The highest BCUT2D eigenvalue weighted by Crippen LogP contribution is 2.41. The minimum absolute atomic E-state index is 0.0372. The Balaban J connectivity index is 2.36. The van der Waals surface area contributed by atoms with Crippen LogP contribution in [0.15, 0.2) is 17.1 Å². The monoisotopic (exact) mass is 726 g/mol. The number of aliphatic hydroxyl groups is 1. The zero-order valence-electron chi connectivity index (χ0n) is 32.3. The fourth-order valence-electron chi connectivity index (χ4n) is 7.90. The van der Waals surface area contributed by atoms with E-state index in [1.165, 1.54) is 27.7 Å². The largest absolute Gasteiger partial charge is 0.457 e. The molecule has 0 aromatic rings. The molecule has 0 spiro atoms. The number of Topliss-reactive ketones (excluding diaryl/α,β-unsaturated/α-hetero) is 1. The van der Waals surface area contributed by atoms with E-state index in [9.17, 15) is 24.3 Å². The minimum atomic E-state index is -3.18. The van der Waals surface area contributed by atoms with E-state index in [1.54, 1.807) is 20.8 Å². The molecule has 3 heterocycles. The maximum absolute atomic E-state index is 16.7. The Bertz CT molecular complexity index is 1350.